The topological polar surface area (TPSA) is 143 Å². The van der Waals surface area contributed by atoms with Gasteiger partial charge < -0.3 is 19.9 Å². The van der Waals surface area contributed by atoms with Gasteiger partial charge in [-0.2, -0.15) is 0 Å². The zero-order chi connectivity index (χ0) is 25.1. The lowest BCUT2D eigenvalue weighted by Crippen LogP contribution is -2.41. The molecule has 10 heteroatoms. The van der Waals surface area contributed by atoms with Gasteiger partial charge in [-0.05, 0) is 42.7 Å². The van der Waals surface area contributed by atoms with Crippen LogP contribution in [0.1, 0.15) is 40.9 Å². The van der Waals surface area contributed by atoms with E-state index < -0.39 is 17.8 Å². The number of hydrazine groups is 1. The summed E-state index contributed by atoms with van der Waals surface area (Å²) in [5.74, 6) is -1.71. The number of aryl methyl sites for hydroxylation is 1. The molecule has 0 aliphatic carbocycles. The van der Waals surface area contributed by atoms with E-state index in [1.54, 1.807) is 43.5 Å². The fraction of sp³-hybridized carbons (Fsp3) is 0.250. The number of carboxylic acids is 1. The Balaban J connectivity index is 1.99. The van der Waals surface area contributed by atoms with Gasteiger partial charge in [0.05, 0.1) is 20.3 Å². The molecule has 4 N–H and O–H groups in total. The Morgan fingerprint density at radius 2 is 1.68 bits per heavy atom. The fourth-order valence-electron chi connectivity index (χ4n) is 3.07. The Hall–Kier alpha value is -4.34. The van der Waals surface area contributed by atoms with E-state index in [4.69, 9.17) is 14.6 Å². The third-order valence-electron chi connectivity index (χ3n) is 4.84. The van der Waals surface area contributed by atoms with Crippen molar-refractivity contribution in [2.45, 2.75) is 25.8 Å². The summed E-state index contributed by atoms with van der Waals surface area (Å²) >= 11 is 0. The van der Waals surface area contributed by atoms with E-state index in [1.165, 1.54) is 7.11 Å². The minimum atomic E-state index is -1.28. The number of ether oxygens (including phenoxy) is 2. The molecule has 0 aliphatic rings. The second-order valence-electron chi connectivity index (χ2n) is 7.18. The van der Waals surface area contributed by atoms with E-state index in [9.17, 15) is 19.2 Å². The quantitative estimate of drug-likeness (QED) is 0.307. The molecule has 3 amide bonds. The van der Waals surface area contributed by atoms with Crippen LogP contribution >= 0.6 is 0 Å². The van der Waals surface area contributed by atoms with Crippen molar-refractivity contribution in [3.8, 4) is 11.5 Å². The third kappa shape index (κ3) is 7.66. The number of carboxylic acid groups (broad SMARTS) is 1. The van der Waals surface area contributed by atoms with Crippen molar-refractivity contribution in [1.82, 2.24) is 16.2 Å². The second kappa shape index (κ2) is 12.6. The van der Waals surface area contributed by atoms with Gasteiger partial charge in [0.2, 0.25) is 5.91 Å². The number of methoxy groups -OCH3 is 2. The van der Waals surface area contributed by atoms with Crippen LogP contribution in [0.3, 0.4) is 0 Å². The van der Waals surface area contributed by atoms with Crippen LogP contribution < -0.4 is 25.6 Å². The number of amides is 3. The van der Waals surface area contributed by atoms with Crippen LogP contribution in [-0.4, -0.2) is 43.0 Å². The van der Waals surface area contributed by atoms with Gasteiger partial charge in [0.25, 0.3) is 11.8 Å². The van der Waals surface area contributed by atoms with Crippen LogP contribution in [0.2, 0.25) is 0 Å². The molecule has 180 valence electrons. The number of carbonyl (C=O) groups excluding carboxylic acids is 3. The van der Waals surface area contributed by atoms with Gasteiger partial charge >= 0.3 is 5.97 Å². The first-order valence-corrected chi connectivity index (χ1v) is 10.4. The van der Waals surface area contributed by atoms with Crippen LogP contribution in [0.5, 0.6) is 11.5 Å². The molecule has 0 saturated heterocycles. The maximum atomic E-state index is 12.9. The molecule has 0 aliphatic heterocycles. The maximum absolute atomic E-state index is 12.9. The van der Waals surface area contributed by atoms with E-state index in [2.05, 4.69) is 16.2 Å². The number of benzene rings is 2. The summed E-state index contributed by atoms with van der Waals surface area (Å²) in [6, 6.07) is 12.0. The van der Waals surface area contributed by atoms with Gasteiger partial charge in [-0.1, -0.05) is 24.3 Å². The highest BCUT2D eigenvalue weighted by Gasteiger charge is 2.17. The lowest BCUT2D eigenvalue weighted by Gasteiger charge is -2.18. The lowest BCUT2D eigenvalue weighted by molar-refractivity contribution is -0.131. The molecular weight excluding hydrogens is 442 g/mol. The van der Waals surface area contributed by atoms with Gasteiger partial charge in [-0.15, -0.1) is 0 Å². The van der Waals surface area contributed by atoms with E-state index in [0.717, 1.165) is 11.6 Å². The number of nitrogens with one attached hydrogen (secondary N) is 3. The van der Waals surface area contributed by atoms with Crippen molar-refractivity contribution < 1.29 is 33.8 Å². The van der Waals surface area contributed by atoms with E-state index in [-0.39, 0.29) is 24.8 Å². The van der Waals surface area contributed by atoms with Crippen LogP contribution in [0.25, 0.3) is 0 Å². The summed E-state index contributed by atoms with van der Waals surface area (Å²) in [7, 11) is 3.08. The minimum Gasteiger partial charge on any atom is -0.493 e. The van der Waals surface area contributed by atoms with Gasteiger partial charge in [0.1, 0.15) is 0 Å². The summed E-state index contributed by atoms with van der Waals surface area (Å²) in [4.78, 5) is 46.8. The fourth-order valence-corrected chi connectivity index (χ4v) is 3.07. The molecule has 0 bridgehead atoms. The molecule has 2 rings (SSSR count). The van der Waals surface area contributed by atoms with Crippen molar-refractivity contribution in [1.29, 1.82) is 0 Å². The second-order valence-corrected chi connectivity index (χ2v) is 7.18. The Labute approximate surface area is 196 Å². The number of aliphatic carboxylic acids is 1. The SMILES string of the molecule is COc1ccc([C@@H](C)NC(=O)c2ccccc2CCC(=O)NNC(=O)/C=C/C(=O)O)cc1OC. The Bertz CT molecular complexity index is 1080. The Morgan fingerprint density at radius 1 is 0.971 bits per heavy atom. The molecule has 2 aromatic rings. The molecule has 2 aromatic carbocycles. The third-order valence-corrected chi connectivity index (χ3v) is 4.84. The Morgan fingerprint density at radius 3 is 2.35 bits per heavy atom. The average molecular weight is 469 g/mol. The molecule has 10 nitrogen and oxygen atoms in total. The maximum Gasteiger partial charge on any atom is 0.328 e. The van der Waals surface area contributed by atoms with Gasteiger partial charge in [-0.25, -0.2) is 4.79 Å². The largest absolute Gasteiger partial charge is 0.493 e. The van der Waals surface area contributed by atoms with Crippen molar-refractivity contribution in [3.63, 3.8) is 0 Å². The zero-order valence-corrected chi connectivity index (χ0v) is 19.1. The minimum absolute atomic E-state index is 0.00154. The first kappa shape index (κ1) is 25.9. The summed E-state index contributed by atoms with van der Waals surface area (Å²) in [6.07, 6.45) is 1.68. The highest BCUT2D eigenvalue weighted by molar-refractivity contribution is 5.96. The highest BCUT2D eigenvalue weighted by atomic mass is 16.5. The van der Waals surface area contributed by atoms with E-state index >= 15 is 0 Å². The van der Waals surface area contributed by atoms with Gasteiger partial charge in [0, 0.05) is 24.1 Å². The van der Waals surface area contributed by atoms with Crippen molar-refractivity contribution in [2.75, 3.05) is 14.2 Å². The molecule has 0 spiro atoms. The molecule has 34 heavy (non-hydrogen) atoms. The first-order chi connectivity index (χ1) is 16.2. The molecule has 0 unspecified atom stereocenters. The summed E-state index contributed by atoms with van der Waals surface area (Å²) in [6.45, 7) is 1.84. The predicted molar refractivity (Wildman–Crippen MR) is 123 cm³/mol. The van der Waals surface area contributed by atoms with Crippen molar-refractivity contribution in [3.05, 3.63) is 71.3 Å². The number of rotatable bonds is 10. The van der Waals surface area contributed by atoms with Gasteiger partial charge in [0.15, 0.2) is 11.5 Å². The monoisotopic (exact) mass is 469 g/mol. The average Bonchev–Trinajstić information content (AvgIpc) is 2.84. The zero-order valence-electron chi connectivity index (χ0n) is 19.1. The number of hydrogen-bond acceptors (Lipinski definition) is 6. The van der Waals surface area contributed by atoms with Crippen LogP contribution in [-0.2, 0) is 20.8 Å². The van der Waals surface area contributed by atoms with Gasteiger partial charge in [-0.3, -0.25) is 25.2 Å². The lowest BCUT2D eigenvalue weighted by atomic mass is 10.0. The van der Waals surface area contributed by atoms with E-state index in [1.807, 2.05) is 13.0 Å². The summed E-state index contributed by atoms with van der Waals surface area (Å²) in [5, 5.41) is 11.4. The van der Waals surface area contributed by atoms with Crippen molar-refractivity contribution in [2.24, 2.45) is 0 Å². The molecular formula is C24H27N3O7. The molecule has 0 fully saturated rings. The predicted octanol–water partition coefficient (Wildman–Crippen LogP) is 1.92. The molecule has 0 aromatic heterocycles. The van der Waals surface area contributed by atoms with E-state index in [0.29, 0.717) is 28.7 Å². The van der Waals surface area contributed by atoms with Crippen LogP contribution in [0.4, 0.5) is 0 Å². The Kier molecular flexibility index (Phi) is 9.63. The molecule has 0 saturated carbocycles. The van der Waals surface area contributed by atoms with Crippen molar-refractivity contribution >= 4 is 23.7 Å². The normalized spacial score (nSPS) is 11.4. The van der Waals surface area contributed by atoms with Crippen LogP contribution in [0, 0.1) is 0 Å². The van der Waals surface area contributed by atoms with Crippen LogP contribution in [0.15, 0.2) is 54.6 Å². The molecule has 0 heterocycles. The highest BCUT2D eigenvalue weighted by Crippen LogP contribution is 2.30. The smallest absolute Gasteiger partial charge is 0.328 e. The standard InChI is InChI=1S/C24H27N3O7/c1-15(17-8-10-19(33-2)20(14-17)34-3)25-24(32)18-7-5-4-6-16(18)9-11-21(28)26-27-22(29)12-13-23(30)31/h4-8,10,12-15H,9,11H2,1-3H3,(H,25,32)(H,26,28)(H,27,29)(H,30,31)/b13-12+/t15-/m1/s1. The summed E-state index contributed by atoms with van der Waals surface area (Å²) in [5.41, 5.74) is 6.19. The number of carbonyl (C=O) groups is 4. The number of hydrogen-bond donors (Lipinski definition) is 4. The first-order valence-electron chi connectivity index (χ1n) is 10.4. The molecule has 1 atom stereocenters. The summed E-state index contributed by atoms with van der Waals surface area (Å²) < 4.78 is 10.6. The molecule has 0 radical (unpaired) electrons.